The van der Waals surface area contributed by atoms with E-state index in [0.29, 0.717) is 36.4 Å². The van der Waals surface area contributed by atoms with E-state index in [2.05, 4.69) is 0 Å². The Bertz CT molecular complexity index is 2310. The van der Waals surface area contributed by atoms with Gasteiger partial charge < -0.3 is 4.90 Å². The highest BCUT2D eigenvalue weighted by Crippen LogP contribution is 2.45. The standard InChI is InChI=1S/C39H12F21N/c40-25-19(26(41)32(47)22(31(25)46)37(52,53)54)13-1-7-16(8-2-13)61(17-9-3-14(4-10-17)20-27(42)33(48)23(38(55,56)57)34(49)28(20)43)18-11-5-15(6-12-18)21-29(44)35(50)24(39(58,59)60)36(51)30(21)45/h1-12H. The van der Waals surface area contributed by atoms with Crippen molar-refractivity contribution in [3.8, 4) is 33.4 Å². The molecule has 0 saturated heterocycles. The summed E-state index contributed by atoms with van der Waals surface area (Å²) in [6.45, 7) is 0. The first-order chi connectivity index (χ1) is 28.2. The van der Waals surface area contributed by atoms with Crippen LogP contribution in [-0.2, 0) is 18.5 Å². The molecule has 6 aromatic rings. The highest BCUT2D eigenvalue weighted by molar-refractivity contribution is 5.81. The molecule has 0 heterocycles. The fourth-order valence-electron chi connectivity index (χ4n) is 6.18. The van der Waals surface area contributed by atoms with Gasteiger partial charge in [0, 0.05) is 17.1 Å². The highest BCUT2D eigenvalue weighted by Gasteiger charge is 2.45. The summed E-state index contributed by atoms with van der Waals surface area (Å²) >= 11 is 0. The molecule has 0 amide bonds. The molecule has 0 aliphatic heterocycles. The van der Waals surface area contributed by atoms with Gasteiger partial charge >= 0.3 is 18.5 Å². The van der Waals surface area contributed by atoms with Gasteiger partial charge in [0.1, 0.15) is 16.7 Å². The van der Waals surface area contributed by atoms with Gasteiger partial charge in [0.15, 0.2) is 69.8 Å². The monoisotopic (exact) mass is 893 g/mol. The van der Waals surface area contributed by atoms with Gasteiger partial charge in [0.05, 0.1) is 16.7 Å². The molecule has 0 atom stereocenters. The van der Waals surface area contributed by atoms with Gasteiger partial charge in [0.2, 0.25) is 0 Å². The van der Waals surface area contributed by atoms with E-state index in [-0.39, 0.29) is 17.1 Å². The van der Waals surface area contributed by atoms with Gasteiger partial charge in [-0.1, -0.05) is 36.4 Å². The Hall–Kier alpha value is -6.35. The number of anilines is 3. The molecular formula is C39H12F21N. The normalized spacial score (nSPS) is 12.3. The Labute approximate surface area is 325 Å². The molecule has 0 saturated carbocycles. The van der Waals surface area contributed by atoms with Crippen LogP contribution in [0.25, 0.3) is 33.4 Å². The fourth-order valence-corrected chi connectivity index (χ4v) is 6.18. The lowest BCUT2D eigenvalue weighted by Gasteiger charge is -2.26. The quantitative estimate of drug-likeness (QED) is 0.119. The molecule has 6 aromatic carbocycles. The van der Waals surface area contributed by atoms with Crippen molar-refractivity contribution >= 4 is 17.1 Å². The number of halogens is 21. The Morgan fingerprint density at radius 3 is 0.557 bits per heavy atom. The molecule has 0 aliphatic rings. The van der Waals surface area contributed by atoms with Crippen molar-refractivity contribution in [1.82, 2.24) is 0 Å². The first-order valence-corrected chi connectivity index (χ1v) is 16.1. The maximum Gasteiger partial charge on any atom is 0.422 e. The van der Waals surface area contributed by atoms with E-state index >= 15 is 0 Å². The van der Waals surface area contributed by atoms with Crippen LogP contribution in [0.15, 0.2) is 72.8 Å². The van der Waals surface area contributed by atoms with Crippen molar-refractivity contribution in [1.29, 1.82) is 0 Å². The van der Waals surface area contributed by atoms with Gasteiger partial charge in [-0.2, -0.15) is 39.5 Å². The third-order valence-corrected chi connectivity index (χ3v) is 8.88. The highest BCUT2D eigenvalue weighted by atomic mass is 19.4. The largest absolute Gasteiger partial charge is 0.422 e. The predicted octanol–water partition coefficient (Wildman–Crippen LogP) is 14.9. The Morgan fingerprint density at radius 1 is 0.246 bits per heavy atom. The molecule has 0 fully saturated rings. The van der Waals surface area contributed by atoms with Crippen LogP contribution in [0.3, 0.4) is 0 Å². The third-order valence-electron chi connectivity index (χ3n) is 8.88. The molecule has 320 valence electrons. The van der Waals surface area contributed by atoms with Crippen molar-refractivity contribution in [3.05, 3.63) is 159 Å². The lowest BCUT2D eigenvalue weighted by molar-refractivity contribution is -0.144. The average Bonchev–Trinajstić information content (AvgIpc) is 3.16. The van der Waals surface area contributed by atoms with Crippen molar-refractivity contribution in [2.75, 3.05) is 4.90 Å². The molecule has 22 heteroatoms. The smallest absolute Gasteiger partial charge is 0.311 e. The minimum atomic E-state index is -5.89. The number of hydrogen-bond donors (Lipinski definition) is 0. The summed E-state index contributed by atoms with van der Waals surface area (Å²) in [4.78, 5) is 0.971. The van der Waals surface area contributed by atoms with Gasteiger partial charge in [-0.05, 0) is 53.1 Å². The van der Waals surface area contributed by atoms with Crippen LogP contribution < -0.4 is 4.90 Å². The lowest BCUT2D eigenvalue weighted by Crippen LogP contribution is -2.16. The van der Waals surface area contributed by atoms with Gasteiger partial charge in [-0.3, -0.25) is 0 Å². The molecule has 0 radical (unpaired) electrons. The minimum Gasteiger partial charge on any atom is -0.311 e. The summed E-state index contributed by atoms with van der Waals surface area (Å²) < 4.78 is 294. The minimum absolute atomic E-state index is 0.258. The fraction of sp³-hybridized carbons (Fsp3) is 0.0769. The molecule has 0 aliphatic carbocycles. The summed E-state index contributed by atoms with van der Waals surface area (Å²) in [5, 5.41) is 0. The second kappa shape index (κ2) is 15.3. The SMILES string of the molecule is Fc1c(F)c(C(F)(F)F)c(F)c(F)c1-c1ccc(N(c2ccc(-c3c(F)c(F)c(C(F)(F)F)c(F)c3F)cc2)c2ccc(-c3c(F)c(F)c(C(F)(F)F)c(F)c3F)cc2)cc1. The van der Waals surface area contributed by atoms with Crippen molar-refractivity contribution in [3.63, 3.8) is 0 Å². The average molecular weight is 893 g/mol. The summed E-state index contributed by atoms with van der Waals surface area (Å²) in [5.41, 5.74) is -16.7. The van der Waals surface area contributed by atoms with Crippen LogP contribution in [-0.4, -0.2) is 0 Å². The number of hydrogen-bond acceptors (Lipinski definition) is 1. The Balaban J connectivity index is 1.50. The van der Waals surface area contributed by atoms with Crippen LogP contribution in [0.2, 0.25) is 0 Å². The molecule has 1 nitrogen and oxygen atoms in total. The maximum atomic E-state index is 14.8. The lowest BCUT2D eigenvalue weighted by atomic mass is 9.98. The molecule has 0 N–H and O–H groups in total. The zero-order valence-electron chi connectivity index (χ0n) is 28.8. The van der Waals surface area contributed by atoms with E-state index in [1.54, 1.807) is 0 Å². The molecule has 0 bridgehead atoms. The van der Waals surface area contributed by atoms with Crippen molar-refractivity contribution in [2.24, 2.45) is 0 Å². The second-order valence-electron chi connectivity index (χ2n) is 12.5. The Morgan fingerprint density at radius 2 is 0.410 bits per heavy atom. The summed E-state index contributed by atoms with van der Waals surface area (Å²) in [7, 11) is 0. The first kappa shape index (κ1) is 44.2. The molecule has 0 spiro atoms. The zero-order valence-corrected chi connectivity index (χ0v) is 28.8. The number of benzene rings is 6. The van der Waals surface area contributed by atoms with Crippen LogP contribution in [0.1, 0.15) is 16.7 Å². The Kier molecular flexibility index (Phi) is 11.1. The number of rotatable bonds is 6. The molecule has 61 heavy (non-hydrogen) atoms. The maximum absolute atomic E-state index is 14.8. The van der Waals surface area contributed by atoms with E-state index in [4.69, 9.17) is 0 Å². The second-order valence-corrected chi connectivity index (χ2v) is 12.5. The predicted molar refractivity (Wildman–Crippen MR) is 172 cm³/mol. The van der Waals surface area contributed by atoms with Gasteiger partial charge in [0.25, 0.3) is 0 Å². The first-order valence-electron chi connectivity index (χ1n) is 16.1. The topological polar surface area (TPSA) is 3.24 Å². The van der Waals surface area contributed by atoms with E-state index in [0.717, 1.165) is 41.3 Å². The molecule has 0 aromatic heterocycles. The third kappa shape index (κ3) is 7.55. The van der Waals surface area contributed by atoms with E-state index < -0.39 is 138 Å². The van der Waals surface area contributed by atoms with Gasteiger partial charge in [-0.15, -0.1) is 0 Å². The van der Waals surface area contributed by atoms with Crippen molar-refractivity contribution < 1.29 is 92.2 Å². The van der Waals surface area contributed by atoms with Crippen molar-refractivity contribution in [2.45, 2.75) is 18.5 Å². The van der Waals surface area contributed by atoms with E-state index in [1.165, 1.54) is 0 Å². The van der Waals surface area contributed by atoms with E-state index in [1.807, 2.05) is 0 Å². The van der Waals surface area contributed by atoms with E-state index in [9.17, 15) is 92.2 Å². The summed E-state index contributed by atoms with van der Waals surface area (Å²) in [6, 6.07) is 9.33. The van der Waals surface area contributed by atoms with Crippen LogP contribution in [0, 0.1) is 69.8 Å². The molecule has 6 rings (SSSR count). The zero-order chi connectivity index (χ0) is 45.4. The van der Waals surface area contributed by atoms with Crippen LogP contribution in [0.4, 0.5) is 109 Å². The number of alkyl halides is 9. The van der Waals surface area contributed by atoms with Crippen LogP contribution in [0.5, 0.6) is 0 Å². The molecule has 0 unspecified atom stereocenters. The van der Waals surface area contributed by atoms with Gasteiger partial charge in [-0.25, -0.2) is 52.7 Å². The number of nitrogens with zero attached hydrogens (tertiary/aromatic N) is 1. The van der Waals surface area contributed by atoms with Crippen LogP contribution >= 0.6 is 0 Å². The summed E-state index contributed by atoms with van der Waals surface area (Å²) in [5.74, 6) is -31.7. The summed E-state index contributed by atoms with van der Waals surface area (Å²) in [6.07, 6.45) is -17.7. The molecular weight excluding hydrogens is 881 g/mol.